The van der Waals surface area contributed by atoms with Gasteiger partial charge < -0.3 is 10.6 Å². The summed E-state index contributed by atoms with van der Waals surface area (Å²) >= 11 is 7.10. The first-order valence-corrected chi connectivity index (χ1v) is 8.13. The van der Waals surface area contributed by atoms with Gasteiger partial charge in [-0.2, -0.15) is 0 Å². The fraction of sp³-hybridized carbons (Fsp3) is 0.500. The maximum atomic E-state index is 5.35. The lowest BCUT2D eigenvalue weighted by Gasteiger charge is -2.24. The number of thioether (sulfide) groups is 1. The Morgan fingerprint density at radius 3 is 2.44 bits per heavy atom. The highest BCUT2D eigenvalue weighted by molar-refractivity contribution is 7.98. The molecule has 1 saturated carbocycles. The maximum Gasteiger partial charge on any atom is 0.170 e. The number of benzene rings is 1. The van der Waals surface area contributed by atoms with E-state index in [1.165, 1.54) is 37.0 Å². The Morgan fingerprint density at radius 2 is 1.83 bits per heavy atom. The van der Waals surface area contributed by atoms with Crippen molar-refractivity contribution >= 4 is 34.8 Å². The molecule has 4 heteroatoms. The normalized spacial score (nSPS) is 16.3. The maximum absolute atomic E-state index is 5.35. The molecular formula is C14H20N2S2. The highest BCUT2D eigenvalue weighted by Gasteiger charge is 2.13. The lowest BCUT2D eigenvalue weighted by molar-refractivity contribution is 0.415. The van der Waals surface area contributed by atoms with E-state index in [4.69, 9.17) is 12.2 Å². The van der Waals surface area contributed by atoms with E-state index >= 15 is 0 Å². The Kier molecular flexibility index (Phi) is 5.32. The Morgan fingerprint density at radius 1 is 1.17 bits per heavy atom. The van der Waals surface area contributed by atoms with Crippen LogP contribution in [0.3, 0.4) is 0 Å². The molecule has 0 spiro atoms. The number of nitrogens with one attached hydrogen (secondary N) is 2. The third-order valence-electron chi connectivity index (χ3n) is 3.29. The van der Waals surface area contributed by atoms with E-state index in [0.29, 0.717) is 6.04 Å². The largest absolute Gasteiger partial charge is 0.360 e. The van der Waals surface area contributed by atoms with Crippen LogP contribution in [0, 0.1) is 0 Å². The molecule has 1 aromatic carbocycles. The number of anilines is 1. The van der Waals surface area contributed by atoms with Gasteiger partial charge in [0.2, 0.25) is 0 Å². The van der Waals surface area contributed by atoms with Crippen LogP contribution in [-0.4, -0.2) is 17.4 Å². The molecule has 2 nitrogen and oxygen atoms in total. The molecule has 1 fully saturated rings. The number of hydrogen-bond donors (Lipinski definition) is 2. The molecule has 0 atom stereocenters. The van der Waals surface area contributed by atoms with Crippen LogP contribution in [0.4, 0.5) is 5.69 Å². The van der Waals surface area contributed by atoms with Crippen molar-refractivity contribution in [1.82, 2.24) is 5.32 Å². The van der Waals surface area contributed by atoms with Crippen LogP contribution >= 0.6 is 24.0 Å². The van der Waals surface area contributed by atoms with E-state index in [9.17, 15) is 0 Å². The second-order valence-corrected chi connectivity index (χ2v) is 5.95. The van der Waals surface area contributed by atoms with Gasteiger partial charge in [-0.25, -0.2) is 0 Å². The zero-order valence-corrected chi connectivity index (χ0v) is 12.4. The second kappa shape index (κ2) is 7.00. The Hall–Kier alpha value is -0.740. The van der Waals surface area contributed by atoms with Crippen molar-refractivity contribution in [3.8, 4) is 0 Å². The summed E-state index contributed by atoms with van der Waals surface area (Å²) in [6, 6.07) is 8.91. The third kappa shape index (κ3) is 4.18. The minimum atomic E-state index is 0.559. The molecule has 98 valence electrons. The van der Waals surface area contributed by atoms with Gasteiger partial charge in [0, 0.05) is 16.6 Å². The lowest BCUT2D eigenvalue weighted by atomic mass is 9.96. The summed E-state index contributed by atoms with van der Waals surface area (Å²) in [5.41, 5.74) is 1.06. The van der Waals surface area contributed by atoms with Gasteiger partial charge in [0.15, 0.2) is 5.11 Å². The van der Waals surface area contributed by atoms with E-state index in [2.05, 4.69) is 41.2 Å². The third-order valence-corrected chi connectivity index (χ3v) is 4.25. The molecule has 18 heavy (non-hydrogen) atoms. The van der Waals surface area contributed by atoms with Crippen molar-refractivity contribution in [2.45, 2.75) is 43.0 Å². The molecule has 0 aliphatic heterocycles. The molecule has 1 aliphatic rings. The van der Waals surface area contributed by atoms with Crippen molar-refractivity contribution in [2.24, 2.45) is 0 Å². The minimum Gasteiger partial charge on any atom is -0.360 e. The Labute approximate surface area is 119 Å². The Bertz CT molecular complexity index is 383. The molecule has 2 rings (SSSR count). The van der Waals surface area contributed by atoms with Crippen LogP contribution in [-0.2, 0) is 0 Å². The van der Waals surface area contributed by atoms with E-state index in [1.54, 1.807) is 11.8 Å². The number of thiocarbonyl (C=S) groups is 1. The van der Waals surface area contributed by atoms with Crippen molar-refractivity contribution in [3.63, 3.8) is 0 Å². The smallest absolute Gasteiger partial charge is 0.170 e. The first kappa shape index (κ1) is 13.7. The van der Waals surface area contributed by atoms with Gasteiger partial charge in [0.1, 0.15) is 0 Å². The topological polar surface area (TPSA) is 24.1 Å². The van der Waals surface area contributed by atoms with Gasteiger partial charge in [-0.05, 0) is 55.6 Å². The van der Waals surface area contributed by atoms with Gasteiger partial charge in [-0.3, -0.25) is 0 Å². The van der Waals surface area contributed by atoms with Crippen molar-refractivity contribution in [2.75, 3.05) is 11.6 Å². The molecule has 1 aromatic rings. The highest BCUT2D eigenvalue weighted by atomic mass is 32.2. The van der Waals surface area contributed by atoms with Gasteiger partial charge in [0.25, 0.3) is 0 Å². The summed E-state index contributed by atoms with van der Waals surface area (Å²) in [5, 5.41) is 7.41. The zero-order valence-electron chi connectivity index (χ0n) is 10.7. The molecular weight excluding hydrogens is 260 g/mol. The standard InChI is InChI=1S/C14H20N2S2/c1-18-13-9-7-12(8-10-13)16-14(17)15-11-5-3-2-4-6-11/h7-11H,2-6H2,1H3,(H2,15,16,17). The zero-order chi connectivity index (χ0) is 12.8. The highest BCUT2D eigenvalue weighted by Crippen LogP contribution is 2.19. The summed E-state index contributed by atoms with van der Waals surface area (Å²) < 4.78 is 0. The molecule has 0 amide bonds. The van der Waals surface area contributed by atoms with Crippen molar-refractivity contribution in [1.29, 1.82) is 0 Å². The van der Waals surface area contributed by atoms with Crippen LogP contribution < -0.4 is 10.6 Å². The first-order valence-electron chi connectivity index (χ1n) is 6.49. The lowest BCUT2D eigenvalue weighted by Crippen LogP contribution is -2.38. The summed E-state index contributed by atoms with van der Waals surface area (Å²) in [7, 11) is 0. The minimum absolute atomic E-state index is 0.559. The second-order valence-electron chi connectivity index (χ2n) is 4.66. The van der Waals surface area contributed by atoms with Crippen LogP contribution in [0.25, 0.3) is 0 Å². The van der Waals surface area contributed by atoms with Gasteiger partial charge in [0.05, 0.1) is 0 Å². The molecule has 1 aliphatic carbocycles. The fourth-order valence-corrected chi connectivity index (χ4v) is 2.97. The molecule has 0 bridgehead atoms. The summed E-state index contributed by atoms with van der Waals surface area (Å²) in [4.78, 5) is 1.27. The van der Waals surface area contributed by atoms with Gasteiger partial charge in [-0.15, -0.1) is 11.8 Å². The van der Waals surface area contributed by atoms with Gasteiger partial charge >= 0.3 is 0 Å². The van der Waals surface area contributed by atoms with E-state index in [1.807, 2.05) is 0 Å². The summed E-state index contributed by atoms with van der Waals surface area (Å²) in [5.74, 6) is 0. The SMILES string of the molecule is CSc1ccc(NC(=S)NC2CCCCC2)cc1. The summed E-state index contributed by atoms with van der Waals surface area (Å²) in [6.07, 6.45) is 8.58. The molecule has 0 saturated heterocycles. The van der Waals surface area contributed by atoms with Gasteiger partial charge in [-0.1, -0.05) is 19.3 Å². The monoisotopic (exact) mass is 280 g/mol. The molecule has 0 heterocycles. The van der Waals surface area contributed by atoms with Crippen molar-refractivity contribution in [3.05, 3.63) is 24.3 Å². The van der Waals surface area contributed by atoms with Crippen LogP contribution in [0.5, 0.6) is 0 Å². The quantitative estimate of drug-likeness (QED) is 0.645. The first-order chi connectivity index (χ1) is 8.78. The molecule has 0 unspecified atom stereocenters. The molecule has 0 aromatic heterocycles. The predicted octanol–water partition coefficient (Wildman–Crippen LogP) is 4.03. The predicted molar refractivity (Wildman–Crippen MR) is 84.5 cm³/mol. The Balaban J connectivity index is 1.82. The average Bonchev–Trinajstić information content (AvgIpc) is 2.40. The van der Waals surface area contributed by atoms with Crippen LogP contribution in [0.15, 0.2) is 29.2 Å². The average molecular weight is 280 g/mol. The molecule has 2 N–H and O–H groups in total. The van der Waals surface area contributed by atoms with E-state index in [0.717, 1.165) is 10.8 Å². The van der Waals surface area contributed by atoms with E-state index < -0.39 is 0 Å². The molecule has 0 radical (unpaired) electrons. The number of hydrogen-bond acceptors (Lipinski definition) is 2. The van der Waals surface area contributed by atoms with E-state index in [-0.39, 0.29) is 0 Å². The number of rotatable bonds is 3. The fourth-order valence-electron chi connectivity index (χ4n) is 2.27. The van der Waals surface area contributed by atoms with Crippen molar-refractivity contribution < 1.29 is 0 Å². The van der Waals surface area contributed by atoms with Crippen LogP contribution in [0.1, 0.15) is 32.1 Å². The van der Waals surface area contributed by atoms with Crippen LogP contribution in [0.2, 0.25) is 0 Å². The summed E-state index contributed by atoms with van der Waals surface area (Å²) in [6.45, 7) is 0.